The van der Waals surface area contributed by atoms with Crippen molar-refractivity contribution in [3.8, 4) is 5.75 Å². The first-order chi connectivity index (χ1) is 22.4. The van der Waals surface area contributed by atoms with Crippen molar-refractivity contribution in [3.63, 3.8) is 0 Å². The topological polar surface area (TPSA) is 206 Å². The predicted molar refractivity (Wildman–Crippen MR) is 169 cm³/mol. The summed E-state index contributed by atoms with van der Waals surface area (Å²) in [6, 6.07) is 13.0. The zero-order chi connectivity index (χ0) is 34.0. The summed E-state index contributed by atoms with van der Waals surface area (Å²) in [5, 5.41) is 31.6. The highest BCUT2D eigenvalue weighted by Gasteiger charge is 2.36. The Hall–Kier alpha value is -5.31. The monoisotopic (exact) mass is 648 g/mol. The van der Waals surface area contributed by atoms with Gasteiger partial charge in [-0.3, -0.25) is 28.7 Å². The van der Waals surface area contributed by atoms with Gasteiger partial charge < -0.3 is 36.4 Å². The number of benzene rings is 2. The van der Waals surface area contributed by atoms with Gasteiger partial charge in [0, 0.05) is 24.9 Å². The van der Waals surface area contributed by atoms with Gasteiger partial charge in [-0.25, -0.2) is 0 Å². The van der Waals surface area contributed by atoms with Gasteiger partial charge >= 0.3 is 0 Å². The third-order valence-electron chi connectivity index (χ3n) is 7.32. The van der Waals surface area contributed by atoms with Crippen molar-refractivity contribution in [2.24, 2.45) is 0 Å². The van der Waals surface area contributed by atoms with Crippen LogP contribution in [0.15, 0.2) is 60.8 Å². The highest BCUT2D eigenvalue weighted by atomic mass is 16.5. The molecule has 5 amide bonds. The van der Waals surface area contributed by atoms with E-state index >= 15 is 0 Å². The van der Waals surface area contributed by atoms with E-state index in [1.54, 1.807) is 59.4 Å². The number of hydrogen-bond acceptors (Lipinski definition) is 9. The van der Waals surface area contributed by atoms with Crippen molar-refractivity contribution in [3.05, 3.63) is 77.6 Å². The normalized spacial score (nSPS) is 20.9. The van der Waals surface area contributed by atoms with E-state index in [9.17, 15) is 29.1 Å². The number of carbonyl (C=O) groups is 5. The molecule has 2 heterocycles. The first-order valence-corrected chi connectivity index (χ1v) is 15.2. The Bertz CT molecular complexity index is 1570. The molecule has 15 nitrogen and oxygen atoms in total. The molecule has 4 bridgehead atoms. The smallest absolute Gasteiger partial charge is 0.251 e. The Balaban J connectivity index is 1.56. The first kappa shape index (κ1) is 34.6. The average Bonchev–Trinajstić information content (AvgIpc) is 3.50. The van der Waals surface area contributed by atoms with E-state index in [0.29, 0.717) is 31.0 Å². The lowest BCUT2D eigenvalue weighted by molar-refractivity contribution is -0.137. The third kappa shape index (κ3) is 10.1. The van der Waals surface area contributed by atoms with Crippen molar-refractivity contribution < 1.29 is 33.8 Å². The summed E-state index contributed by atoms with van der Waals surface area (Å²) in [6.07, 6.45) is 1.03. The molecule has 250 valence electrons. The fourth-order valence-corrected chi connectivity index (χ4v) is 4.73. The second kappa shape index (κ2) is 15.8. The number of aliphatic hydroxyl groups excluding tert-OH is 1. The van der Waals surface area contributed by atoms with Crippen LogP contribution in [-0.4, -0.2) is 86.5 Å². The van der Waals surface area contributed by atoms with Gasteiger partial charge in [-0.1, -0.05) is 41.6 Å². The largest absolute Gasteiger partial charge is 0.494 e. The van der Waals surface area contributed by atoms with E-state index in [1.165, 1.54) is 20.8 Å². The molecule has 0 saturated carbocycles. The maximum absolute atomic E-state index is 13.4. The zero-order valence-electron chi connectivity index (χ0n) is 26.5. The van der Waals surface area contributed by atoms with Crippen molar-refractivity contribution >= 4 is 29.5 Å². The molecule has 1 aliphatic heterocycles. The molecule has 4 rings (SSSR count). The van der Waals surface area contributed by atoms with Crippen LogP contribution in [0.5, 0.6) is 5.75 Å². The van der Waals surface area contributed by atoms with Crippen LogP contribution in [0.1, 0.15) is 48.8 Å². The number of aromatic nitrogens is 3. The number of nitrogens with one attached hydrogen (secondary N) is 5. The van der Waals surface area contributed by atoms with Gasteiger partial charge in [0.15, 0.2) is 0 Å². The van der Waals surface area contributed by atoms with Crippen molar-refractivity contribution in [2.45, 2.75) is 70.4 Å². The fourth-order valence-electron chi connectivity index (χ4n) is 4.73. The van der Waals surface area contributed by atoms with Crippen LogP contribution in [0, 0.1) is 0 Å². The Kier molecular flexibility index (Phi) is 11.6. The van der Waals surface area contributed by atoms with Crippen molar-refractivity contribution in [1.29, 1.82) is 0 Å². The molecule has 3 atom stereocenters. The number of fused-ring (bicyclic) bond motifs is 4. The maximum Gasteiger partial charge on any atom is 0.251 e. The summed E-state index contributed by atoms with van der Waals surface area (Å²) in [5.74, 6) is -2.81. The standard InChI is InChI=1S/C32H40N8O7/c1-20(41)27-30(45)35-25(15-21-9-5-4-6-10-21)29(44)33-17-23-19-40(39-38-23)13-8-14-47-24-12-7-11-22(16-24)28(43)34-18-26(42)37-32(2,3)31(46)36-27/h4-7,9-12,16,19-20,25,27,41H,8,13-15,17-18H2,1-3H3,(H,33,44)(H,34,43)(H,35,45)(H,36,46)(H,37,42)/t20-,25+,27+/m1/s1. The van der Waals surface area contributed by atoms with E-state index < -0.39 is 59.8 Å². The molecule has 1 aliphatic rings. The molecule has 0 spiro atoms. The lowest BCUT2D eigenvalue weighted by Gasteiger charge is -2.30. The Morgan fingerprint density at radius 1 is 0.979 bits per heavy atom. The van der Waals surface area contributed by atoms with Gasteiger partial charge in [0.1, 0.15) is 29.1 Å². The number of nitrogens with zero attached hydrogens (tertiary/aromatic N) is 3. The van der Waals surface area contributed by atoms with Crippen molar-refractivity contribution in [1.82, 2.24) is 41.6 Å². The minimum atomic E-state index is -1.55. The molecule has 0 fully saturated rings. The quantitative estimate of drug-likeness (QED) is 0.218. The second-order valence-corrected chi connectivity index (χ2v) is 11.7. The van der Waals surface area contributed by atoms with Gasteiger partial charge in [-0.2, -0.15) is 0 Å². The predicted octanol–water partition coefficient (Wildman–Crippen LogP) is -0.405. The minimum absolute atomic E-state index is 0.0375. The number of aliphatic hydroxyl groups is 1. The summed E-state index contributed by atoms with van der Waals surface area (Å²) in [4.78, 5) is 65.5. The van der Waals surface area contributed by atoms with E-state index in [4.69, 9.17) is 4.74 Å². The van der Waals surface area contributed by atoms with Crippen LogP contribution < -0.4 is 31.3 Å². The molecule has 2 aromatic carbocycles. The van der Waals surface area contributed by atoms with E-state index in [1.807, 2.05) is 6.07 Å². The molecular weight excluding hydrogens is 608 g/mol. The van der Waals surface area contributed by atoms with Gasteiger partial charge in [0.05, 0.1) is 32.0 Å². The summed E-state index contributed by atoms with van der Waals surface area (Å²) < 4.78 is 7.40. The van der Waals surface area contributed by atoms with Crippen molar-refractivity contribution in [2.75, 3.05) is 13.2 Å². The van der Waals surface area contributed by atoms with Crippen LogP contribution in [0.4, 0.5) is 0 Å². The SMILES string of the molecule is C[C@@H](O)[C@@H]1NC(=O)C(C)(C)NC(=O)CNC(=O)c2cccc(c2)OCCCn2cc(nn2)CNC(=O)[C@H](Cc2ccccc2)NC1=O. The van der Waals surface area contributed by atoms with Crippen LogP contribution in [0.3, 0.4) is 0 Å². The summed E-state index contributed by atoms with van der Waals surface area (Å²) in [5.41, 5.74) is -0.0120. The van der Waals surface area contributed by atoms with Crippen LogP contribution in [-0.2, 0) is 38.7 Å². The Morgan fingerprint density at radius 3 is 2.49 bits per heavy atom. The van der Waals surface area contributed by atoms with E-state index in [-0.39, 0.29) is 18.5 Å². The first-order valence-electron chi connectivity index (χ1n) is 15.2. The molecule has 0 radical (unpaired) electrons. The summed E-state index contributed by atoms with van der Waals surface area (Å²) in [7, 11) is 0. The number of carbonyl (C=O) groups excluding carboxylic acids is 5. The minimum Gasteiger partial charge on any atom is -0.494 e. The molecule has 0 aliphatic carbocycles. The van der Waals surface area contributed by atoms with Gasteiger partial charge in [0.2, 0.25) is 23.6 Å². The Labute approximate surface area is 271 Å². The third-order valence-corrected chi connectivity index (χ3v) is 7.32. The molecule has 0 saturated heterocycles. The van der Waals surface area contributed by atoms with Gasteiger partial charge in [-0.15, -0.1) is 5.10 Å². The number of amides is 5. The number of rotatable bonds is 3. The number of aryl methyl sites for hydroxylation is 1. The van der Waals surface area contributed by atoms with Crippen LogP contribution in [0.2, 0.25) is 0 Å². The fraction of sp³-hybridized carbons (Fsp3) is 0.406. The van der Waals surface area contributed by atoms with Gasteiger partial charge in [0.25, 0.3) is 5.91 Å². The second-order valence-electron chi connectivity index (χ2n) is 11.7. The molecule has 1 aromatic heterocycles. The molecule has 47 heavy (non-hydrogen) atoms. The van der Waals surface area contributed by atoms with Gasteiger partial charge in [-0.05, 0) is 44.5 Å². The Morgan fingerprint density at radius 2 is 1.74 bits per heavy atom. The lowest BCUT2D eigenvalue weighted by atomic mass is 10.0. The summed E-state index contributed by atoms with van der Waals surface area (Å²) >= 11 is 0. The van der Waals surface area contributed by atoms with Crippen LogP contribution >= 0.6 is 0 Å². The highest BCUT2D eigenvalue weighted by Crippen LogP contribution is 2.14. The molecule has 15 heteroatoms. The number of hydrogen-bond donors (Lipinski definition) is 6. The molecule has 3 aromatic rings. The highest BCUT2D eigenvalue weighted by molar-refractivity contribution is 5.99. The lowest BCUT2D eigenvalue weighted by Crippen LogP contribution is -2.63. The zero-order valence-corrected chi connectivity index (χ0v) is 26.5. The molecule has 0 unspecified atom stereocenters. The maximum atomic E-state index is 13.4. The number of ether oxygens (including phenoxy) is 1. The van der Waals surface area contributed by atoms with E-state index in [0.717, 1.165) is 5.56 Å². The van der Waals surface area contributed by atoms with E-state index in [2.05, 4.69) is 36.9 Å². The van der Waals surface area contributed by atoms with Crippen LogP contribution in [0.25, 0.3) is 0 Å². The average molecular weight is 649 g/mol. The molecular formula is C32H40N8O7. The molecule has 6 N–H and O–H groups in total. The summed E-state index contributed by atoms with van der Waals surface area (Å²) in [6.45, 7) is 4.55.